The van der Waals surface area contributed by atoms with Crippen LogP contribution in [0.3, 0.4) is 0 Å². The van der Waals surface area contributed by atoms with E-state index in [4.69, 9.17) is 10.5 Å². The van der Waals surface area contributed by atoms with Gasteiger partial charge in [0.15, 0.2) is 0 Å². The highest BCUT2D eigenvalue weighted by molar-refractivity contribution is 5.91. The van der Waals surface area contributed by atoms with Crippen LogP contribution in [0, 0.1) is 0 Å². The molecule has 2 N–H and O–H groups in total. The molecular formula is C11H13NO4. The summed E-state index contributed by atoms with van der Waals surface area (Å²) in [5, 5.41) is 0. The summed E-state index contributed by atoms with van der Waals surface area (Å²) in [5.74, 6) is -1.30. The molecule has 0 aromatic heterocycles. The monoisotopic (exact) mass is 223 g/mol. The Labute approximate surface area is 93.1 Å². The van der Waals surface area contributed by atoms with Crippen LogP contribution < -0.4 is 5.73 Å². The van der Waals surface area contributed by atoms with Crippen molar-refractivity contribution in [2.24, 2.45) is 5.73 Å². The zero-order chi connectivity index (χ0) is 11.8. The molecule has 0 aliphatic carbocycles. The third-order valence-corrected chi connectivity index (χ3v) is 1.78. The van der Waals surface area contributed by atoms with Crippen molar-refractivity contribution < 1.29 is 19.1 Å². The number of esters is 2. The number of nitrogens with two attached hydrogens (primary N) is 1. The molecule has 1 aromatic rings. The second-order valence-corrected chi connectivity index (χ2v) is 3.01. The number of carbonyl (C=O) groups is 2. The van der Waals surface area contributed by atoms with Gasteiger partial charge in [-0.1, -0.05) is 30.3 Å². The maximum Gasteiger partial charge on any atom is 0.318 e. The predicted molar refractivity (Wildman–Crippen MR) is 56.0 cm³/mol. The first-order valence-electron chi connectivity index (χ1n) is 4.77. The second-order valence-electron chi connectivity index (χ2n) is 3.01. The van der Waals surface area contributed by atoms with Crippen LogP contribution in [0.1, 0.15) is 12.0 Å². The second kappa shape index (κ2) is 6.58. The van der Waals surface area contributed by atoms with Crippen LogP contribution in [0.2, 0.25) is 0 Å². The van der Waals surface area contributed by atoms with Gasteiger partial charge >= 0.3 is 11.9 Å². The van der Waals surface area contributed by atoms with E-state index in [-0.39, 0.29) is 13.3 Å². The van der Waals surface area contributed by atoms with Gasteiger partial charge < -0.3 is 9.47 Å². The van der Waals surface area contributed by atoms with Gasteiger partial charge in [0.05, 0.1) is 0 Å². The molecule has 5 nitrogen and oxygen atoms in total. The Hall–Kier alpha value is -1.88. The van der Waals surface area contributed by atoms with Crippen LogP contribution in [0.25, 0.3) is 0 Å². The third-order valence-electron chi connectivity index (χ3n) is 1.78. The van der Waals surface area contributed by atoms with Gasteiger partial charge in [-0.15, -0.1) is 0 Å². The average molecular weight is 223 g/mol. The number of benzene rings is 1. The lowest BCUT2D eigenvalue weighted by Gasteiger charge is -2.04. The van der Waals surface area contributed by atoms with E-state index in [0.29, 0.717) is 0 Å². The summed E-state index contributed by atoms with van der Waals surface area (Å²) in [6.07, 6.45) is -0.413. The van der Waals surface area contributed by atoms with Crippen LogP contribution >= 0.6 is 0 Å². The lowest BCUT2D eigenvalue weighted by molar-refractivity contribution is -0.155. The zero-order valence-electron chi connectivity index (χ0n) is 8.72. The Kier molecular flexibility index (Phi) is 5.01. The molecule has 0 atom stereocenters. The molecule has 0 aliphatic rings. The number of hydrogen-bond donors (Lipinski definition) is 1. The summed E-state index contributed by atoms with van der Waals surface area (Å²) in [7, 11) is 0. The molecule has 0 fully saturated rings. The van der Waals surface area contributed by atoms with E-state index in [2.05, 4.69) is 4.74 Å². The largest absolute Gasteiger partial charge is 0.460 e. The molecule has 0 saturated heterocycles. The van der Waals surface area contributed by atoms with Crippen molar-refractivity contribution in [1.82, 2.24) is 0 Å². The van der Waals surface area contributed by atoms with Gasteiger partial charge in [0.2, 0.25) is 0 Å². The van der Waals surface area contributed by atoms with E-state index in [1.54, 1.807) is 0 Å². The molecule has 0 bridgehead atoms. The first-order valence-corrected chi connectivity index (χ1v) is 4.77. The topological polar surface area (TPSA) is 78.6 Å². The molecule has 0 radical (unpaired) electrons. The van der Waals surface area contributed by atoms with Gasteiger partial charge in [-0.2, -0.15) is 0 Å². The van der Waals surface area contributed by atoms with Gasteiger partial charge in [0, 0.05) is 0 Å². The summed E-state index contributed by atoms with van der Waals surface area (Å²) in [4.78, 5) is 22.0. The van der Waals surface area contributed by atoms with E-state index in [0.717, 1.165) is 5.56 Å². The Morgan fingerprint density at radius 2 is 1.69 bits per heavy atom. The Morgan fingerprint density at radius 1 is 1.06 bits per heavy atom. The smallest absolute Gasteiger partial charge is 0.318 e. The van der Waals surface area contributed by atoms with Crippen molar-refractivity contribution in [1.29, 1.82) is 0 Å². The highest BCUT2D eigenvalue weighted by Gasteiger charge is 2.11. The first kappa shape index (κ1) is 12.2. The molecule has 1 rings (SSSR count). The molecule has 0 saturated carbocycles. The SMILES string of the molecule is NCOC(=O)CC(=O)OCc1ccccc1. The van der Waals surface area contributed by atoms with E-state index in [1.165, 1.54) is 0 Å². The summed E-state index contributed by atoms with van der Waals surface area (Å²) in [6, 6.07) is 9.19. The summed E-state index contributed by atoms with van der Waals surface area (Å²) in [5.41, 5.74) is 5.84. The fourth-order valence-electron chi connectivity index (χ4n) is 1.05. The summed E-state index contributed by atoms with van der Waals surface area (Å²) in [6.45, 7) is -0.0830. The van der Waals surface area contributed by atoms with Gasteiger partial charge in [0.25, 0.3) is 0 Å². The fourth-order valence-corrected chi connectivity index (χ4v) is 1.05. The highest BCUT2D eigenvalue weighted by Crippen LogP contribution is 2.01. The minimum Gasteiger partial charge on any atom is -0.460 e. The van der Waals surface area contributed by atoms with Crippen molar-refractivity contribution in [3.8, 4) is 0 Å². The van der Waals surface area contributed by atoms with Crippen molar-refractivity contribution in [3.63, 3.8) is 0 Å². The van der Waals surface area contributed by atoms with Crippen LogP contribution in [0.4, 0.5) is 0 Å². The van der Waals surface area contributed by atoms with E-state index in [1.807, 2.05) is 30.3 Å². The molecule has 86 valence electrons. The molecule has 16 heavy (non-hydrogen) atoms. The predicted octanol–water partition coefficient (Wildman–Crippen LogP) is 0.579. The van der Waals surface area contributed by atoms with Crippen molar-refractivity contribution >= 4 is 11.9 Å². The summed E-state index contributed by atoms with van der Waals surface area (Å²) >= 11 is 0. The van der Waals surface area contributed by atoms with Crippen LogP contribution in [-0.4, -0.2) is 18.7 Å². The number of ether oxygens (including phenoxy) is 2. The van der Waals surface area contributed by atoms with Gasteiger partial charge in [0.1, 0.15) is 19.8 Å². The van der Waals surface area contributed by atoms with E-state index in [9.17, 15) is 9.59 Å². The fraction of sp³-hybridized carbons (Fsp3) is 0.273. The minimum atomic E-state index is -0.680. The van der Waals surface area contributed by atoms with E-state index >= 15 is 0 Å². The number of rotatable bonds is 5. The zero-order valence-corrected chi connectivity index (χ0v) is 8.72. The molecular weight excluding hydrogens is 210 g/mol. The molecule has 1 aromatic carbocycles. The van der Waals surface area contributed by atoms with Crippen molar-refractivity contribution in [2.75, 3.05) is 6.73 Å². The van der Waals surface area contributed by atoms with Gasteiger partial charge in [-0.3, -0.25) is 15.3 Å². The maximum absolute atomic E-state index is 11.1. The molecule has 0 heterocycles. The molecule has 0 aliphatic heterocycles. The quantitative estimate of drug-likeness (QED) is 0.448. The van der Waals surface area contributed by atoms with Crippen LogP contribution in [0.5, 0.6) is 0 Å². The number of carbonyl (C=O) groups excluding carboxylic acids is 2. The summed E-state index contributed by atoms with van der Waals surface area (Å²) < 4.78 is 9.27. The Balaban J connectivity index is 2.28. The maximum atomic E-state index is 11.1. The molecule has 0 unspecified atom stereocenters. The van der Waals surface area contributed by atoms with Gasteiger partial charge in [-0.05, 0) is 5.56 Å². The average Bonchev–Trinajstić information content (AvgIpc) is 2.28. The molecule has 0 spiro atoms. The molecule has 5 heteroatoms. The third kappa shape index (κ3) is 4.56. The lowest BCUT2D eigenvalue weighted by atomic mass is 10.2. The number of hydrogen-bond acceptors (Lipinski definition) is 5. The first-order chi connectivity index (χ1) is 7.72. The Morgan fingerprint density at radius 3 is 2.31 bits per heavy atom. The molecule has 0 amide bonds. The minimum absolute atomic E-state index is 0.148. The lowest BCUT2D eigenvalue weighted by Crippen LogP contribution is -2.17. The van der Waals surface area contributed by atoms with Crippen LogP contribution in [0.15, 0.2) is 30.3 Å². The Bertz CT molecular complexity index is 350. The van der Waals surface area contributed by atoms with Crippen molar-refractivity contribution in [3.05, 3.63) is 35.9 Å². The normalized spacial score (nSPS) is 9.56. The van der Waals surface area contributed by atoms with Crippen LogP contribution in [-0.2, 0) is 25.7 Å². The van der Waals surface area contributed by atoms with Crippen molar-refractivity contribution in [2.45, 2.75) is 13.0 Å². The highest BCUT2D eigenvalue weighted by atomic mass is 16.6. The standard InChI is InChI=1S/C11H13NO4/c12-8-16-11(14)6-10(13)15-7-9-4-2-1-3-5-9/h1-5H,6-8,12H2. The van der Waals surface area contributed by atoms with Gasteiger partial charge in [-0.25, -0.2) is 0 Å². The van der Waals surface area contributed by atoms with E-state index < -0.39 is 18.4 Å².